The Morgan fingerprint density at radius 3 is 2.84 bits per heavy atom. The average molecular weight is 378 g/mol. The van der Waals surface area contributed by atoms with Crippen LogP contribution < -0.4 is 10.6 Å². The van der Waals surface area contributed by atoms with Crippen molar-refractivity contribution in [3.8, 4) is 0 Å². The molecular weight excluding hydrogens is 364 g/mol. The van der Waals surface area contributed by atoms with Gasteiger partial charge in [0.1, 0.15) is 5.76 Å². The molecule has 3 heterocycles. The van der Waals surface area contributed by atoms with E-state index in [2.05, 4.69) is 20.8 Å². The van der Waals surface area contributed by atoms with E-state index in [1.165, 1.54) is 11.3 Å². The number of hydrogen-bond acceptors (Lipinski definition) is 8. The third kappa shape index (κ3) is 5.19. The fraction of sp³-hybridized carbons (Fsp3) is 0.200. The highest BCUT2D eigenvalue weighted by molar-refractivity contribution is 7.99. The summed E-state index contributed by atoms with van der Waals surface area (Å²) in [6.07, 6.45) is 1.55. The Bertz CT molecular complexity index is 815. The van der Waals surface area contributed by atoms with Crippen LogP contribution in [0.1, 0.15) is 21.3 Å². The van der Waals surface area contributed by atoms with Crippen LogP contribution in [0.15, 0.2) is 50.0 Å². The molecule has 0 aliphatic rings. The standard InChI is InChI=1S/C15H14N4O4S2/c20-12(16-7-10-3-1-5-22-10)9-25-15-19-18-13(23-15)8-17-14(21)11-4-2-6-24-11/h1-6H,7-9H2,(H,16,20)(H,17,21). The minimum absolute atomic E-state index is 0.134. The van der Waals surface area contributed by atoms with Gasteiger partial charge >= 0.3 is 0 Å². The number of carbonyl (C=O) groups excluding carboxylic acids is 2. The van der Waals surface area contributed by atoms with Crippen molar-refractivity contribution in [1.82, 2.24) is 20.8 Å². The Balaban J connectivity index is 1.39. The predicted octanol–water partition coefficient (Wildman–Crippen LogP) is 2.06. The van der Waals surface area contributed by atoms with E-state index in [0.29, 0.717) is 17.2 Å². The van der Waals surface area contributed by atoms with Crippen molar-refractivity contribution in [1.29, 1.82) is 0 Å². The summed E-state index contributed by atoms with van der Waals surface area (Å²) in [7, 11) is 0. The van der Waals surface area contributed by atoms with Crippen molar-refractivity contribution < 1.29 is 18.4 Å². The number of hydrogen-bond donors (Lipinski definition) is 2. The third-order valence-corrected chi connectivity index (χ3v) is 4.65. The summed E-state index contributed by atoms with van der Waals surface area (Å²) in [5.41, 5.74) is 0. The first-order chi connectivity index (χ1) is 12.2. The molecule has 3 aromatic rings. The van der Waals surface area contributed by atoms with Gasteiger partial charge in [-0.3, -0.25) is 9.59 Å². The molecule has 0 saturated carbocycles. The monoisotopic (exact) mass is 378 g/mol. The lowest BCUT2D eigenvalue weighted by Crippen LogP contribution is -2.24. The number of nitrogens with zero attached hydrogens (tertiary/aromatic N) is 2. The quantitative estimate of drug-likeness (QED) is 0.577. The van der Waals surface area contributed by atoms with E-state index >= 15 is 0 Å². The van der Waals surface area contributed by atoms with Crippen molar-refractivity contribution in [2.75, 3.05) is 5.75 Å². The van der Waals surface area contributed by atoms with Gasteiger partial charge in [-0.2, -0.15) is 0 Å². The zero-order valence-corrected chi connectivity index (χ0v) is 14.6. The van der Waals surface area contributed by atoms with Crippen LogP contribution in [0.25, 0.3) is 0 Å². The molecule has 25 heavy (non-hydrogen) atoms. The van der Waals surface area contributed by atoms with E-state index in [0.717, 1.165) is 11.8 Å². The number of furan rings is 1. The molecule has 0 atom stereocenters. The summed E-state index contributed by atoms with van der Waals surface area (Å²) >= 11 is 2.48. The highest BCUT2D eigenvalue weighted by Crippen LogP contribution is 2.16. The molecule has 0 fully saturated rings. The third-order valence-electron chi connectivity index (χ3n) is 2.96. The minimum atomic E-state index is -0.195. The van der Waals surface area contributed by atoms with Crippen LogP contribution in [-0.4, -0.2) is 27.8 Å². The highest BCUT2D eigenvalue weighted by Gasteiger charge is 2.12. The van der Waals surface area contributed by atoms with Gasteiger partial charge in [-0.25, -0.2) is 0 Å². The summed E-state index contributed by atoms with van der Waals surface area (Å²) in [6, 6.07) is 7.07. The van der Waals surface area contributed by atoms with Gasteiger partial charge in [0.05, 0.1) is 30.0 Å². The van der Waals surface area contributed by atoms with Crippen LogP contribution in [0.4, 0.5) is 0 Å². The zero-order chi connectivity index (χ0) is 17.5. The molecule has 3 aromatic heterocycles. The van der Waals surface area contributed by atoms with Crippen LogP contribution in [0, 0.1) is 0 Å². The largest absolute Gasteiger partial charge is 0.467 e. The van der Waals surface area contributed by atoms with E-state index in [1.54, 1.807) is 30.5 Å². The summed E-state index contributed by atoms with van der Waals surface area (Å²) < 4.78 is 10.5. The highest BCUT2D eigenvalue weighted by atomic mass is 32.2. The van der Waals surface area contributed by atoms with E-state index in [9.17, 15) is 9.59 Å². The second-order valence-corrected chi connectivity index (χ2v) is 6.64. The van der Waals surface area contributed by atoms with Crippen LogP contribution in [0.2, 0.25) is 0 Å². The van der Waals surface area contributed by atoms with Gasteiger partial charge in [0.2, 0.25) is 11.8 Å². The second-order valence-electron chi connectivity index (χ2n) is 4.77. The number of aromatic nitrogens is 2. The van der Waals surface area contributed by atoms with Crippen LogP contribution >= 0.6 is 23.1 Å². The summed E-state index contributed by atoms with van der Waals surface area (Å²) in [6.45, 7) is 0.464. The summed E-state index contributed by atoms with van der Waals surface area (Å²) in [4.78, 5) is 24.2. The maximum absolute atomic E-state index is 11.8. The Morgan fingerprint density at radius 2 is 2.08 bits per heavy atom. The fourth-order valence-corrected chi connectivity index (χ4v) is 3.05. The number of carbonyl (C=O) groups is 2. The Hall–Kier alpha value is -2.59. The predicted molar refractivity (Wildman–Crippen MR) is 91.1 cm³/mol. The molecule has 2 N–H and O–H groups in total. The smallest absolute Gasteiger partial charge is 0.277 e. The van der Waals surface area contributed by atoms with Crippen LogP contribution in [0.3, 0.4) is 0 Å². The molecule has 0 unspecified atom stereocenters. The van der Waals surface area contributed by atoms with Crippen molar-refractivity contribution in [3.63, 3.8) is 0 Å². The zero-order valence-electron chi connectivity index (χ0n) is 12.9. The van der Waals surface area contributed by atoms with E-state index in [4.69, 9.17) is 8.83 Å². The molecule has 0 spiro atoms. The molecule has 10 heteroatoms. The van der Waals surface area contributed by atoms with E-state index in [-0.39, 0.29) is 35.2 Å². The molecule has 2 amide bonds. The molecule has 0 saturated heterocycles. The maximum Gasteiger partial charge on any atom is 0.277 e. The van der Waals surface area contributed by atoms with Crippen molar-refractivity contribution in [3.05, 3.63) is 52.4 Å². The van der Waals surface area contributed by atoms with Crippen LogP contribution in [0.5, 0.6) is 0 Å². The number of amides is 2. The summed E-state index contributed by atoms with van der Waals surface area (Å²) in [5, 5.41) is 15.2. The van der Waals surface area contributed by atoms with Gasteiger partial charge < -0.3 is 19.5 Å². The molecule has 3 rings (SSSR count). The maximum atomic E-state index is 11.8. The van der Waals surface area contributed by atoms with Crippen molar-refractivity contribution >= 4 is 34.9 Å². The number of thioether (sulfide) groups is 1. The lowest BCUT2D eigenvalue weighted by atomic mass is 10.4. The molecule has 0 aliphatic carbocycles. The Labute approximate surface area is 151 Å². The number of rotatable bonds is 8. The van der Waals surface area contributed by atoms with Gasteiger partial charge in [-0.1, -0.05) is 17.8 Å². The molecule has 0 aliphatic heterocycles. The average Bonchev–Trinajstić information content (AvgIpc) is 3.38. The molecular formula is C15H14N4O4S2. The first-order valence-electron chi connectivity index (χ1n) is 7.26. The lowest BCUT2D eigenvalue weighted by Gasteiger charge is -2.01. The first-order valence-corrected chi connectivity index (χ1v) is 9.13. The van der Waals surface area contributed by atoms with Crippen molar-refractivity contribution in [2.45, 2.75) is 18.3 Å². The first kappa shape index (κ1) is 17.2. The van der Waals surface area contributed by atoms with Gasteiger partial charge in [0, 0.05) is 0 Å². The Kier molecular flexibility index (Phi) is 5.86. The summed E-state index contributed by atoms with van der Waals surface area (Å²) in [5.74, 6) is 0.735. The number of thiophene rings is 1. The second kappa shape index (κ2) is 8.49. The van der Waals surface area contributed by atoms with Gasteiger partial charge in [-0.15, -0.1) is 21.5 Å². The van der Waals surface area contributed by atoms with Gasteiger partial charge in [0.15, 0.2) is 0 Å². The van der Waals surface area contributed by atoms with Gasteiger partial charge in [0.25, 0.3) is 11.1 Å². The minimum Gasteiger partial charge on any atom is -0.467 e. The number of nitrogens with one attached hydrogen (secondary N) is 2. The SMILES string of the molecule is O=C(CSc1nnc(CNC(=O)c2cccs2)o1)NCc1ccco1. The van der Waals surface area contributed by atoms with E-state index in [1.807, 2.05) is 5.38 Å². The Morgan fingerprint density at radius 1 is 1.16 bits per heavy atom. The van der Waals surface area contributed by atoms with E-state index < -0.39 is 0 Å². The molecule has 0 radical (unpaired) electrons. The molecule has 130 valence electrons. The molecule has 0 aromatic carbocycles. The van der Waals surface area contributed by atoms with Crippen molar-refractivity contribution in [2.24, 2.45) is 0 Å². The topological polar surface area (TPSA) is 110 Å². The molecule has 8 nitrogen and oxygen atoms in total. The van der Waals surface area contributed by atoms with Crippen LogP contribution in [-0.2, 0) is 17.9 Å². The normalized spacial score (nSPS) is 10.6. The van der Waals surface area contributed by atoms with Gasteiger partial charge in [-0.05, 0) is 23.6 Å². The molecule has 0 bridgehead atoms. The lowest BCUT2D eigenvalue weighted by molar-refractivity contribution is -0.118. The fourth-order valence-electron chi connectivity index (χ4n) is 1.80.